The van der Waals surface area contributed by atoms with Gasteiger partial charge in [-0.05, 0) is 82.9 Å². The molecule has 0 saturated carbocycles. The molecule has 0 aliphatic carbocycles. The van der Waals surface area contributed by atoms with Crippen LogP contribution in [0.15, 0.2) is 127 Å². The van der Waals surface area contributed by atoms with E-state index in [1.54, 1.807) is 84.9 Å². The van der Waals surface area contributed by atoms with Crippen LogP contribution in [-0.2, 0) is 22.4 Å². The Morgan fingerprint density at radius 3 is 1.49 bits per heavy atom. The van der Waals surface area contributed by atoms with Gasteiger partial charge in [0.15, 0.2) is 0 Å². The molecule has 0 aliphatic rings. The van der Waals surface area contributed by atoms with Crippen molar-refractivity contribution in [3.63, 3.8) is 0 Å². The zero-order valence-electron chi connectivity index (χ0n) is 27.8. The summed E-state index contributed by atoms with van der Waals surface area (Å²) in [6.45, 7) is 0. The van der Waals surface area contributed by atoms with Crippen molar-refractivity contribution in [3.05, 3.63) is 170 Å². The van der Waals surface area contributed by atoms with Crippen LogP contribution in [0.2, 0.25) is 20.1 Å². The Labute approximate surface area is 326 Å². The SMILES string of the molecule is O=C(Cc1ccccc1Nc1c(Cl)cccc1Cl)Oc1ccc(C=Cc2cc(O)cc(OC(=O)Cc3ccccc3Nc3c(Cl)cccc3Cl)c2)cc1. The summed E-state index contributed by atoms with van der Waals surface area (Å²) in [6.07, 6.45) is 3.54. The number of phenolic OH excluding ortho intramolecular Hbond substituents is 1. The van der Waals surface area contributed by atoms with E-state index in [0.29, 0.717) is 65.3 Å². The minimum absolute atomic E-state index is 0.0120. The van der Waals surface area contributed by atoms with Crippen LogP contribution in [0.4, 0.5) is 22.7 Å². The lowest BCUT2D eigenvalue weighted by Gasteiger charge is -2.14. The number of carbonyl (C=O) groups excluding carboxylic acids is 2. The van der Waals surface area contributed by atoms with Gasteiger partial charge in [-0.25, -0.2) is 0 Å². The molecule has 266 valence electrons. The predicted molar refractivity (Wildman–Crippen MR) is 215 cm³/mol. The fourth-order valence-corrected chi connectivity index (χ4v) is 6.33. The number of carbonyl (C=O) groups is 2. The monoisotopic (exact) mass is 782 g/mol. The minimum atomic E-state index is -0.528. The minimum Gasteiger partial charge on any atom is -0.508 e. The van der Waals surface area contributed by atoms with Crippen LogP contribution in [0.25, 0.3) is 12.2 Å². The van der Waals surface area contributed by atoms with E-state index in [9.17, 15) is 14.7 Å². The molecule has 0 amide bonds. The number of aromatic hydroxyl groups is 1. The predicted octanol–water partition coefficient (Wildman–Crippen LogP) is 12.0. The van der Waals surface area contributed by atoms with Crippen LogP contribution in [0.1, 0.15) is 22.3 Å². The van der Waals surface area contributed by atoms with Gasteiger partial charge < -0.3 is 25.2 Å². The van der Waals surface area contributed by atoms with Crippen molar-refractivity contribution in [2.45, 2.75) is 12.8 Å². The van der Waals surface area contributed by atoms with Crippen molar-refractivity contribution in [1.82, 2.24) is 0 Å². The molecule has 11 heteroatoms. The fraction of sp³-hybridized carbons (Fsp3) is 0.0476. The largest absolute Gasteiger partial charge is 0.508 e. The number of anilines is 4. The standard InChI is InChI=1S/C42H30Cl4N2O5/c43-33-9-5-10-34(44)41(33)47-37-13-3-1-7-28(37)23-39(50)52-31-19-17-26(18-20-31)15-16-27-21-30(49)25-32(22-27)53-40(51)24-29-8-2-4-14-38(29)48-42-35(45)11-6-12-36(42)46/h1-22,25,47-49H,23-24H2. The first-order valence-corrected chi connectivity index (χ1v) is 17.7. The highest BCUT2D eigenvalue weighted by Crippen LogP contribution is 2.35. The molecule has 6 aromatic rings. The van der Waals surface area contributed by atoms with Crippen molar-refractivity contribution in [2.24, 2.45) is 0 Å². The summed E-state index contributed by atoms with van der Waals surface area (Å²) in [6, 6.07) is 36.5. The molecule has 0 aromatic heterocycles. The van der Waals surface area contributed by atoms with Gasteiger partial charge in [0.2, 0.25) is 0 Å². The first-order chi connectivity index (χ1) is 25.6. The number of esters is 2. The molecule has 0 heterocycles. The molecule has 0 saturated heterocycles. The van der Waals surface area contributed by atoms with Crippen molar-refractivity contribution in [2.75, 3.05) is 10.6 Å². The first kappa shape index (κ1) is 37.3. The lowest BCUT2D eigenvalue weighted by atomic mass is 10.1. The fourth-order valence-electron chi connectivity index (χ4n) is 5.34. The topological polar surface area (TPSA) is 96.9 Å². The number of ether oxygens (including phenoxy) is 2. The van der Waals surface area contributed by atoms with Crippen LogP contribution in [0.5, 0.6) is 17.2 Å². The second kappa shape index (κ2) is 17.4. The summed E-state index contributed by atoms with van der Waals surface area (Å²) in [5.41, 5.74) is 5.21. The van der Waals surface area contributed by atoms with E-state index in [4.69, 9.17) is 55.9 Å². The maximum absolute atomic E-state index is 13.0. The summed E-state index contributed by atoms with van der Waals surface area (Å²) in [5.74, 6) is -0.480. The van der Waals surface area contributed by atoms with Gasteiger partial charge in [0.1, 0.15) is 17.2 Å². The molecule has 0 bridgehead atoms. The Morgan fingerprint density at radius 2 is 0.981 bits per heavy atom. The maximum Gasteiger partial charge on any atom is 0.315 e. The highest BCUT2D eigenvalue weighted by molar-refractivity contribution is 6.40. The molecule has 0 radical (unpaired) electrons. The molecule has 0 atom stereocenters. The summed E-state index contributed by atoms with van der Waals surface area (Å²) >= 11 is 25.3. The Morgan fingerprint density at radius 1 is 0.528 bits per heavy atom. The van der Waals surface area contributed by atoms with Crippen molar-refractivity contribution < 1.29 is 24.2 Å². The van der Waals surface area contributed by atoms with Gasteiger partial charge in [0, 0.05) is 17.4 Å². The van der Waals surface area contributed by atoms with Gasteiger partial charge in [-0.15, -0.1) is 0 Å². The van der Waals surface area contributed by atoms with Crippen LogP contribution in [0.3, 0.4) is 0 Å². The average Bonchev–Trinajstić information content (AvgIpc) is 3.12. The van der Waals surface area contributed by atoms with E-state index in [2.05, 4.69) is 10.6 Å². The van der Waals surface area contributed by atoms with Crippen molar-refractivity contribution in [1.29, 1.82) is 0 Å². The van der Waals surface area contributed by atoms with E-state index in [0.717, 1.165) is 5.56 Å². The highest BCUT2D eigenvalue weighted by atomic mass is 35.5. The van der Waals surface area contributed by atoms with E-state index in [-0.39, 0.29) is 24.3 Å². The Hall–Kier alpha value is -5.44. The Bertz CT molecular complexity index is 2270. The second-order valence-electron chi connectivity index (χ2n) is 11.7. The van der Waals surface area contributed by atoms with Crippen molar-refractivity contribution >= 4 is 93.2 Å². The number of nitrogens with one attached hydrogen (secondary N) is 2. The van der Waals surface area contributed by atoms with Crippen LogP contribution in [0, 0.1) is 0 Å². The number of benzene rings is 6. The molecule has 53 heavy (non-hydrogen) atoms. The highest BCUT2D eigenvalue weighted by Gasteiger charge is 2.15. The molecule has 7 nitrogen and oxygen atoms in total. The number of hydrogen-bond acceptors (Lipinski definition) is 7. The van der Waals surface area contributed by atoms with Crippen LogP contribution in [-0.4, -0.2) is 17.0 Å². The van der Waals surface area contributed by atoms with Gasteiger partial charge in [-0.2, -0.15) is 0 Å². The molecule has 6 rings (SSSR count). The zero-order valence-corrected chi connectivity index (χ0v) is 30.8. The second-order valence-corrected chi connectivity index (χ2v) is 13.4. The summed E-state index contributed by atoms with van der Waals surface area (Å²) in [5, 5.41) is 18.6. The van der Waals surface area contributed by atoms with Crippen LogP contribution >= 0.6 is 46.4 Å². The van der Waals surface area contributed by atoms with E-state index < -0.39 is 11.9 Å². The van der Waals surface area contributed by atoms with Crippen molar-refractivity contribution in [3.8, 4) is 17.2 Å². The smallest absolute Gasteiger partial charge is 0.315 e. The number of phenols is 1. The third-order valence-electron chi connectivity index (χ3n) is 7.87. The maximum atomic E-state index is 13.0. The van der Waals surface area contributed by atoms with Gasteiger partial charge in [0.25, 0.3) is 0 Å². The van der Waals surface area contributed by atoms with E-state index in [1.165, 1.54) is 6.07 Å². The normalized spacial score (nSPS) is 10.9. The quantitative estimate of drug-likeness (QED) is 0.0646. The van der Waals surface area contributed by atoms with E-state index in [1.807, 2.05) is 48.5 Å². The number of halogens is 4. The lowest BCUT2D eigenvalue weighted by Crippen LogP contribution is -2.12. The molecule has 0 fully saturated rings. The Balaban J connectivity index is 1.06. The zero-order chi connectivity index (χ0) is 37.3. The number of para-hydroxylation sites is 4. The summed E-state index contributed by atoms with van der Waals surface area (Å²) < 4.78 is 11.2. The number of rotatable bonds is 12. The first-order valence-electron chi connectivity index (χ1n) is 16.2. The van der Waals surface area contributed by atoms with Crippen LogP contribution < -0.4 is 20.1 Å². The Kier molecular flexibility index (Phi) is 12.2. The van der Waals surface area contributed by atoms with Gasteiger partial charge in [-0.1, -0.05) is 119 Å². The molecule has 6 aromatic carbocycles. The van der Waals surface area contributed by atoms with Gasteiger partial charge >= 0.3 is 11.9 Å². The summed E-state index contributed by atoms with van der Waals surface area (Å²) in [7, 11) is 0. The molecular weight excluding hydrogens is 754 g/mol. The summed E-state index contributed by atoms with van der Waals surface area (Å²) in [4.78, 5) is 25.9. The number of hydrogen-bond donors (Lipinski definition) is 3. The van der Waals surface area contributed by atoms with Gasteiger partial charge in [-0.3, -0.25) is 9.59 Å². The lowest BCUT2D eigenvalue weighted by molar-refractivity contribution is -0.134. The van der Waals surface area contributed by atoms with E-state index >= 15 is 0 Å². The molecule has 3 N–H and O–H groups in total. The average molecular weight is 785 g/mol. The molecule has 0 unspecified atom stereocenters. The molecule has 0 spiro atoms. The third-order valence-corrected chi connectivity index (χ3v) is 9.13. The molecule has 0 aliphatic heterocycles. The van der Waals surface area contributed by atoms with Gasteiger partial charge in [0.05, 0.1) is 44.3 Å². The third kappa shape index (κ3) is 10.1. The molecular formula is C42H30Cl4N2O5.